The van der Waals surface area contributed by atoms with Crippen LogP contribution in [0.4, 0.5) is 11.4 Å². The number of anilines is 2. The molecule has 8 aromatic rings. The molecule has 0 saturated heterocycles. The fourth-order valence-corrected chi connectivity index (χ4v) is 13.4. The number of nitrogens with one attached hydrogen (secondary N) is 1. The summed E-state index contributed by atoms with van der Waals surface area (Å²) < 4.78 is 22.6. The van der Waals surface area contributed by atoms with Crippen molar-refractivity contribution < 1.29 is 18.9 Å². The first-order valence-electron chi connectivity index (χ1n) is 33.0. The van der Waals surface area contributed by atoms with Gasteiger partial charge in [0.2, 0.25) is 0 Å². The Hall–Kier alpha value is -6.09. The average molecular weight is 1290 g/mol. The number of pyridine rings is 1. The van der Waals surface area contributed by atoms with E-state index in [4.69, 9.17) is 65.4 Å². The molecule has 0 unspecified atom stereocenters. The Bertz CT molecular complexity index is 3560. The highest BCUT2D eigenvalue weighted by atomic mass is 35.5. The van der Waals surface area contributed by atoms with E-state index in [0.29, 0.717) is 41.2 Å². The molecule has 1 aromatic heterocycles. The third-order valence-corrected chi connectivity index (χ3v) is 18.7. The van der Waals surface area contributed by atoms with E-state index in [1.807, 2.05) is 49.5 Å². The lowest BCUT2D eigenvalue weighted by Crippen LogP contribution is -2.37. The number of aryl methyl sites for hydroxylation is 1. The second-order valence-electron chi connectivity index (χ2n) is 26.0. The van der Waals surface area contributed by atoms with Gasteiger partial charge in [-0.3, -0.25) is 4.98 Å². The first-order chi connectivity index (χ1) is 43.2. The summed E-state index contributed by atoms with van der Waals surface area (Å²) >= 11 is 23.5. The van der Waals surface area contributed by atoms with Gasteiger partial charge in [-0.2, -0.15) is 0 Å². The number of nitrogens with zero attached hydrogens (tertiary/aromatic N) is 2. The molecule has 6 heterocycles. The Morgan fingerprint density at radius 1 is 0.489 bits per heavy atom. The van der Waals surface area contributed by atoms with Crippen molar-refractivity contribution in [3.63, 3.8) is 0 Å². The van der Waals surface area contributed by atoms with E-state index in [-0.39, 0.29) is 0 Å². The fourth-order valence-electron chi connectivity index (χ4n) is 12.4. The van der Waals surface area contributed by atoms with E-state index in [9.17, 15) is 0 Å². The van der Waals surface area contributed by atoms with E-state index in [1.165, 1.54) is 100 Å². The van der Waals surface area contributed by atoms with Crippen LogP contribution in [-0.4, -0.2) is 51.0 Å². The largest absolute Gasteiger partial charge is 0.493 e. The van der Waals surface area contributed by atoms with Crippen LogP contribution in [0.15, 0.2) is 133 Å². The summed E-state index contributed by atoms with van der Waals surface area (Å²) in [7, 11) is 0. The number of hydrogen-bond acceptors (Lipinski definition) is 7. The smallest absolute Gasteiger partial charge is 0.144 e. The van der Waals surface area contributed by atoms with E-state index < -0.39 is 0 Å². The van der Waals surface area contributed by atoms with Crippen molar-refractivity contribution in [1.29, 1.82) is 0 Å². The van der Waals surface area contributed by atoms with Crippen LogP contribution < -0.4 is 29.2 Å². The zero-order valence-electron chi connectivity index (χ0n) is 55.7. The van der Waals surface area contributed by atoms with Gasteiger partial charge in [-0.05, 0) is 191 Å². The highest BCUT2D eigenvalue weighted by Crippen LogP contribution is 2.43. The predicted molar refractivity (Wildman–Crippen MR) is 386 cm³/mol. The molecule has 0 radical (unpaired) electrons. The summed E-state index contributed by atoms with van der Waals surface area (Å²) in [6, 6.07) is 39.2. The highest BCUT2D eigenvalue weighted by Gasteiger charge is 2.27. The monoisotopic (exact) mass is 1290 g/mol. The SMILES string of the molecule is CC(C)C1=CCCCC1.CC(C)c1ccc(Cl)cc1.CC(C)c1ccc(Cl)cc1Cl.CC(C)c1ccc2c3c(cccc13)CCO2.CC(C)c1ccc2c3c(ccnc13)CCO2.CC(C)c1ccc2c3c1CCCN3CCO2.Cc1ccc2c(c1Cl)NCCO2. The molecule has 0 bridgehead atoms. The van der Waals surface area contributed by atoms with Gasteiger partial charge in [0.15, 0.2) is 0 Å². The third-order valence-electron chi connectivity index (χ3n) is 17.4. The van der Waals surface area contributed by atoms with Crippen LogP contribution in [-0.2, 0) is 19.3 Å². The van der Waals surface area contributed by atoms with Crippen molar-refractivity contribution in [2.75, 3.05) is 56.3 Å². The maximum atomic E-state index is 6.07. The molecule has 5 aliphatic heterocycles. The summed E-state index contributed by atoms with van der Waals surface area (Å²) in [5.41, 5.74) is 17.3. The first-order valence-corrected chi connectivity index (χ1v) is 34.5. The average Bonchev–Trinajstić information content (AvgIpc) is 0.805. The quantitative estimate of drug-likeness (QED) is 0.166. The topological polar surface area (TPSA) is 65.1 Å². The predicted octanol–water partition coefficient (Wildman–Crippen LogP) is 23.3. The summed E-state index contributed by atoms with van der Waals surface area (Å²) in [6.45, 7) is 34.8. The molecular formula is C79H97Cl4N3O4. The Balaban J connectivity index is 0.000000137. The van der Waals surface area contributed by atoms with Crippen LogP contribution in [0.2, 0.25) is 20.1 Å². The van der Waals surface area contributed by atoms with Gasteiger partial charge in [-0.25, -0.2) is 0 Å². The van der Waals surface area contributed by atoms with Crippen molar-refractivity contribution in [2.24, 2.45) is 5.92 Å². The maximum Gasteiger partial charge on any atom is 0.144 e. The van der Waals surface area contributed by atoms with Gasteiger partial charge in [-0.1, -0.05) is 202 Å². The van der Waals surface area contributed by atoms with Gasteiger partial charge >= 0.3 is 0 Å². The van der Waals surface area contributed by atoms with Gasteiger partial charge in [0.1, 0.15) is 36.2 Å². The van der Waals surface area contributed by atoms with Crippen LogP contribution in [0.5, 0.6) is 23.0 Å². The second-order valence-corrected chi connectivity index (χ2v) is 27.6. The molecule has 11 heteroatoms. The summed E-state index contributed by atoms with van der Waals surface area (Å²) in [4.78, 5) is 7.03. The molecule has 480 valence electrons. The summed E-state index contributed by atoms with van der Waals surface area (Å²) in [5, 5.41) is 10.2. The molecule has 7 nitrogen and oxygen atoms in total. The number of fused-ring (bicyclic) bond motifs is 1. The van der Waals surface area contributed by atoms with Crippen molar-refractivity contribution in [3.8, 4) is 23.0 Å². The molecule has 0 atom stereocenters. The van der Waals surface area contributed by atoms with Crippen LogP contribution in [0, 0.1) is 12.8 Å². The molecular weight excluding hydrogens is 1200 g/mol. The van der Waals surface area contributed by atoms with Gasteiger partial charge in [0, 0.05) is 58.0 Å². The lowest BCUT2D eigenvalue weighted by molar-refractivity contribution is 0.304. The number of allylic oxidation sites excluding steroid dienone is 2. The fraction of sp³-hybridized carbons (Fsp3) is 0.430. The van der Waals surface area contributed by atoms with Crippen molar-refractivity contribution in [1.82, 2.24) is 4.98 Å². The molecule has 7 aromatic carbocycles. The molecule has 90 heavy (non-hydrogen) atoms. The van der Waals surface area contributed by atoms with Crippen molar-refractivity contribution >= 4 is 79.5 Å². The molecule has 1 aliphatic carbocycles. The Labute approximate surface area is 559 Å². The molecule has 0 saturated carbocycles. The van der Waals surface area contributed by atoms with Gasteiger partial charge in [0.25, 0.3) is 0 Å². The van der Waals surface area contributed by atoms with E-state index >= 15 is 0 Å². The normalized spacial score (nSPS) is 14.7. The third kappa shape index (κ3) is 18.1. The highest BCUT2D eigenvalue weighted by molar-refractivity contribution is 6.35. The minimum absolute atomic E-state index is 0.458. The number of rotatable bonds is 6. The molecule has 0 spiro atoms. The van der Waals surface area contributed by atoms with Gasteiger partial charge in [-0.15, -0.1) is 0 Å². The van der Waals surface area contributed by atoms with Crippen molar-refractivity contribution in [2.45, 2.75) is 171 Å². The number of ether oxygens (including phenoxy) is 4. The van der Waals surface area contributed by atoms with Crippen LogP contribution in [0.25, 0.3) is 21.7 Å². The molecule has 0 fully saturated rings. The number of hydrogen-bond donors (Lipinski definition) is 1. The minimum Gasteiger partial charge on any atom is -0.493 e. The minimum atomic E-state index is 0.458. The zero-order chi connectivity index (χ0) is 64.6. The maximum absolute atomic E-state index is 6.07. The van der Waals surface area contributed by atoms with E-state index in [2.05, 4.69) is 177 Å². The molecule has 14 rings (SSSR count). The lowest BCUT2D eigenvalue weighted by atomic mass is 9.89. The number of benzene rings is 7. The van der Waals surface area contributed by atoms with E-state index in [0.717, 1.165) is 112 Å². The second kappa shape index (κ2) is 33.5. The molecule has 0 amide bonds. The van der Waals surface area contributed by atoms with Crippen LogP contribution >= 0.6 is 46.4 Å². The lowest BCUT2D eigenvalue weighted by Gasteiger charge is -2.37. The van der Waals surface area contributed by atoms with Gasteiger partial charge in [0.05, 0.1) is 41.7 Å². The first kappa shape index (κ1) is 69.8. The van der Waals surface area contributed by atoms with Gasteiger partial charge < -0.3 is 29.2 Å². The Kier molecular flexibility index (Phi) is 26.0. The Morgan fingerprint density at radius 3 is 1.72 bits per heavy atom. The molecule has 6 aliphatic rings. The summed E-state index contributed by atoms with van der Waals surface area (Å²) in [6.07, 6.45) is 14.4. The summed E-state index contributed by atoms with van der Waals surface area (Å²) in [5.74, 6) is 7.53. The molecule has 1 N–H and O–H groups in total. The van der Waals surface area contributed by atoms with Crippen molar-refractivity contribution in [3.05, 3.63) is 203 Å². The number of aromatic nitrogens is 1. The van der Waals surface area contributed by atoms with Crippen LogP contribution in [0.3, 0.4) is 0 Å². The zero-order valence-corrected chi connectivity index (χ0v) is 58.8. The standard InChI is InChI=1S/C15H16O.C14H15NO.C14H19NO.C9H10Cl2.C9H10ClNO.C9H11Cl.C9H16/c1-10(2)12-6-7-14-15-11(8-9-16-14)4-3-5-13(12)15;1-9(2)11-3-4-12-13-10(6-8-16-12)5-7-15-14(11)13;1-10(2)11-5-6-13-14-12(11)4-3-7-15(14)8-9-16-13;1-6(2)8-4-3-7(10)5-9(8)11;1-6-2-3-7-9(8(6)10)11-4-5-12-7;1-7(2)8-3-5-9(10)6-4-8;1-8(2)9-6-4-3-5-7-9/h3-7,10H,8-9H2,1-2H3;3-5,7,9H,6,8H2,1-2H3;5-6,10H,3-4,7-9H2,1-2H3;3-6H,1-2H3;2-3,11H,4-5H2,1H3;3-7H,1-2H3;6,8H,3-5,7H2,1-2H3. The van der Waals surface area contributed by atoms with E-state index in [1.54, 1.807) is 17.2 Å². The number of halogens is 4. The Morgan fingerprint density at radius 2 is 1.09 bits per heavy atom. The van der Waals surface area contributed by atoms with Crippen LogP contribution in [0.1, 0.15) is 195 Å².